The van der Waals surface area contributed by atoms with E-state index in [0.717, 1.165) is 0 Å². The van der Waals surface area contributed by atoms with Crippen LogP contribution in [0.2, 0.25) is 0 Å². The quantitative estimate of drug-likeness (QED) is 0.425. The molecular formula is C8H18Cl2N2O2S2. The Kier molecular flexibility index (Phi) is 4.82. The lowest BCUT2D eigenvalue weighted by atomic mass is 10.8. The molecule has 0 heterocycles. The summed E-state index contributed by atoms with van der Waals surface area (Å²) in [6.45, 7) is 0.165. The van der Waals surface area contributed by atoms with Crippen molar-refractivity contribution in [2.45, 2.75) is 0 Å². The lowest BCUT2D eigenvalue weighted by Crippen LogP contribution is -2.45. The summed E-state index contributed by atoms with van der Waals surface area (Å²) in [6, 6.07) is 0. The Bertz CT molecular complexity index is 312. The Hall–Kier alpha value is 0.540. The third-order valence-electron chi connectivity index (χ3n) is 1.49. The predicted octanol–water partition coefficient (Wildman–Crippen LogP) is 1.57. The number of rotatable bonds is 7. The van der Waals surface area contributed by atoms with Crippen LogP contribution in [0.3, 0.4) is 0 Å². The van der Waals surface area contributed by atoms with E-state index in [1.807, 2.05) is 25.0 Å². The Balaban J connectivity index is 4.50. The zero-order valence-corrected chi connectivity index (χ0v) is 12.9. The number of nitrogens with one attached hydrogen (secondary N) is 2. The van der Waals surface area contributed by atoms with Gasteiger partial charge in [0.2, 0.25) is 10.5 Å². The highest BCUT2D eigenvalue weighted by molar-refractivity contribution is 9.10. The third-order valence-corrected chi connectivity index (χ3v) is 7.15. The van der Waals surface area contributed by atoms with Crippen LogP contribution in [0.25, 0.3) is 0 Å². The van der Waals surface area contributed by atoms with Crippen LogP contribution in [0.1, 0.15) is 0 Å². The summed E-state index contributed by atoms with van der Waals surface area (Å²) in [5, 5.41) is -0.888. The van der Waals surface area contributed by atoms with Crippen molar-refractivity contribution in [2.75, 3.05) is 38.1 Å². The van der Waals surface area contributed by atoms with Gasteiger partial charge in [-0.2, -0.15) is 0 Å². The third kappa shape index (κ3) is 8.66. The first kappa shape index (κ1) is 16.5. The van der Waals surface area contributed by atoms with Crippen LogP contribution in [0.4, 0.5) is 0 Å². The minimum absolute atomic E-state index is 0.0755. The van der Waals surface area contributed by atoms with Crippen molar-refractivity contribution in [1.29, 1.82) is 0 Å². The van der Waals surface area contributed by atoms with Gasteiger partial charge >= 0.3 is 0 Å². The van der Waals surface area contributed by atoms with Gasteiger partial charge in [0.05, 0.1) is 13.1 Å². The van der Waals surface area contributed by atoms with Crippen LogP contribution in [0.15, 0.2) is 0 Å². The fourth-order valence-electron chi connectivity index (χ4n) is 0.756. The predicted molar refractivity (Wildman–Crippen MR) is 76.6 cm³/mol. The van der Waals surface area contributed by atoms with Crippen molar-refractivity contribution in [3.8, 4) is 0 Å². The lowest BCUT2D eigenvalue weighted by Gasteiger charge is -2.68. The zero-order chi connectivity index (χ0) is 13.1. The summed E-state index contributed by atoms with van der Waals surface area (Å²) < 4.78 is 6.07. The summed E-state index contributed by atoms with van der Waals surface area (Å²) in [6.07, 6.45) is 8.04. The number of hydrogen-bond acceptors (Lipinski definition) is 5. The molecule has 4 nitrogen and oxygen atoms in total. The van der Waals surface area contributed by atoms with Crippen LogP contribution in [0, 0.1) is 0 Å². The van der Waals surface area contributed by atoms with E-state index in [0.29, 0.717) is 0 Å². The molecule has 0 unspecified atom stereocenters. The minimum atomic E-state index is -2.70. The SMILES string of the molecule is CS(C)(C)(C)(NCC(=O)Cl)SNCC(=O)Cl. The average molecular weight is 309 g/mol. The lowest BCUT2D eigenvalue weighted by molar-refractivity contribution is -0.111. The average Bonchev–Trinajstić information content (AvgIpc) is 1.98. The summed E-state index contributed by atoms with van der Waals surface area (Å²) in [7, 11) is -1.30. The van der Waals surface area contributed by atoms with Crippen molar-refractivity contribution < 1.29 is 9.59 Å². The van der Waals surface area contributed by atoms with E-state index < -0.39 is 18.0 Å². The molecule has 0 amide bonds. The molecule has 2 N–H and O–H groups in total. The number of carbonyl (C=O) groups is 2. The maximum Gasteiger partial charge on any atom is 0.236 e. The van der Waals surface area contributed by atoms with Gasteiger partial charge in [0, 0.05) is 0 Å². The molecule has 0 aromatic rings. The van der Waals surface area contributed by atoms with Gasteiger partial charge in [-0.25, -0.2) is 12.2 Å². The van der Waals surface area contributed by atoms with Crippen molar-refractivity contribution in [3.05, 3.63) is 0 Å². The standard InChI is InChI=1S/C8H18Cl2N2O2S2/c1-16(2,3,4,12-6-8(10)14)15-11-5-7(9)13/h11-12H,5-6H2,1-4H3. The molecule has 98 valence electrons. The Morgan fingerprint density at radius 3 is 1.88 bits per heavy atom. The van der Waals surface area contributed by atoms with Gasteiger partial charge in [-0.05, 0) is 59.2 Å². The van der Waals surface area contributed by atoms with E-state index in [1.165, 1.54) is 11.0 Å². The second-order valence-corrected chi connectivity index (χ2v) is 20.1. The highest BCUT2D eigenvalue weighted by atomic mass is 35.5. The smallest absolute Gasteiger partial charge is 0.236 e. The molecule has 0 aliphatic heterocycles. The van der Waals surface area contributed by atoms with Gasteiger partial charge in [0.25, 0.3) is 0 Å². The summed E-state index contributed by atoms with van der Waals surface area (Å²) in [5.74, 6) is 0. The van der Waals surface area contributed by atoms with Gasteiger partial charge in [-0.3, -0.25) is 14.3 Å². The van der Waals surface area contributed by atoms with Gasteiger partial charge < -0.3 is 0 Å². The first-order valence-corrected chi connectivity index (χ1v) is 10.6. The van der Waals surface area contributed by atoms with Crippen molar-refractivity contribution in [1.82, 2.24) is 9.44 Å². The largest absolute Gasteiger partial charge is 0.280 e. The van der Waals surface area contributed by atoms with E-state index in [-0.39, 0.29) is 13.1 Å². The van der Waals surface area contributed by atoms with E-state index in [4.69, 9.17) is 23.2 Å². The van der Waals surface area contributed by atoms with Crippen LogP contribution < -0.4 is 9.44 Å². The fourth-order valence-corrected chi connectivity index (χ4v) is 4.72. The van der Waals surface area contributed by atoms with E-state index in [2.05, 4.69) is 9.44 Å². The maximum atomic E-state index is 10.8. The molecule has 0 fully saturated rings. The molecule has 0 saturated heterocycles. The molecule has 0 aliphatic carbocycles. The van der Waals surface area contributed by atoms with Crippen molar-refractivity contribution in [2.24, 2.45) is 0 Å². The summed E-state index contributed by atoms with van der Waals surface area (Å²) in [4.78, 5) is 21.4. The fraction of sp³-hybridized carbons (Fsp3) is 0.750. The van der Waals surface area contributed by atoms with Gasteiger partial charge in [0.1, 0.15) is 0 Å². The molecule has 8 heteroatoms. The molecule has 0 aliphatic rings. The molecule has 0 spiro atoms. The number of halogens is 2. The molecule has 0 aromatic heterocycles. The molecule has 0 aromatic carbocycles. The highest BCUT2D eigenvalue weighted by Crippen LogP contribution is 2.83. The molecule has 16 heavy (non-hydrogen) atoms. The molecule has 0 atom stereocenters. The van der Waals surface area contributed by atoms with Gasteiger partial charge in [-0.15, -0.1) is 0 Å². The first-order valence-electron chi connectivity index (χ1n) is 4.41. The van der Waals surface area contributed by atoms with Crippen LogP contribution >= 0.6 is 41.7 Å². The second-order valence-electron chi connectivity index (χ2n) is 5.45. The number of hydrogen-bond donors (Lipinski definition) is 2. The zero-order valence-electron chi connectivity index (χ0n) is 9.80. The maximum absolute atomic E-state index is 10.8. The van der Waals surface area contributed by atoms with Crippen molar-refractivity contribution in [3.63, 3.8) is 0 Å². The highest BCUT2D eigenvalue weighted by Gasteiger charge is 2.42. The van der Waals surface area contributed by atoms with Crippen LogP contribution in [-0.2, 0) is 9.59 Å². The molecular weight excluding hydrogens is 291 g/mol. The molecule has 0 rings (SSSR count). The summed E-state index contributed by atoms with van der Waals surface area (Å²) >= 11 is 10.5. The van der Waals surface area contributed by atoms with E-state index in [1.54, 1.807) is 0 Å². The Morgan fingerprint density at radius 2 is 1.50 bits per heavy atom. The van der Waals surface area contributed by atoms with E-state index >= 15 is 0 Å². The van der Waals surface area contributed by atoms with Crippen LogP contribution in [0.5, 0.6) is 0 Å². The normalized spacial score (nSPS) is 16.4. The minimum Gasteiger partial charge on any atom is -0.280 e. The number of carbonyl (C=O) groups excluding carboxylic acids is 2. The van der Waals surface area contributed by atoms with E-state index in [9.17, 15) is 9.59 Å². The second kappa shape index (κ2) is 4.66. The topological polar surface area (TPSA) is 58.2 Å². The van der Waals surface area contributed by atoms with Gasteiger partial charge in [-0.1, -0.05) is 0 Å². The Morgan fingerprint density at radius 1 is 1.06 bits per heavy atom. The monoisotopic (exact) mass is 308 g/mol. The molecule has 0 radical (unpaired) electrons. The van der Waals surface area contributed by atoms with Crippen molar-refractivity contribution >= 4 is 52.2 Å². The van der Waals surface area contributed by atoms with Crippen LogP contribution in [-0.4, -0.2) is 48.6 Å². The van der Waals surface area contributed by atoms with Gasteiger partial charge in [0.15, 0.2) is 0 Å². The summed E-state index contributed by atoms with van der Waals surface area (Å²) in [5.41, 5.74) is 0. The Labute approximate surface area is 109 Å². The first-order chi connectivity index (χ1) is 6.84. The molecule has 0 bridgehead atoms. The molecule has 0 saturated carbocycles.